The van der Waals surface area contributed by atoms with Crippen molar-refractivity contribution in [3.8, 4) is 5.75 Å². The Balaban J connectivity index is 2.53. The first-order valence-electron chi connectivity index (χ1n) is 5.43. The van der Waals surface area contributed by atoms with E-state index in [1.165, 1.54) is 0 Å². The average Bonchev–Trinajstić information content (AvgIpc) is 2.24. The average molecular weight is 222 g/mol. The highest BCUT2D eigenvalue weighted by Crippen LogP contribution is 2.17. The third-order valence-electron chi connectivity index (χ3n) is 2.24. The number of hydrogen-bond donors (Lipinski definition) is 3. The summed E-state index contributed by atoms with van der Waals surface area (Å²) in [7, 11) is 0. The number of likely N-dealkylation sites (N-methyl/N-ethyl adjacent to an activating group) is 1. The Morgan fingerprint density at radius 1 is 1.38 bits per heavy atom. The fourth-order valence-electron chi connectivity index (χ4n) is 1.37. The molecular weight excluding hydrogens is 204 g/mol. The van der Waals surface area contributed by atoms with Gasteiger partial charge in [0.1, 0.15) is 5.75 Å². The first-order chi connectivity index (χ1) is 7.65. The summed E-state index contributed by atoms with van der Waals surface area (Å²) >= 11 is 0. The number of aryl methyl sites for hydroxylation is 1. The predicted octanol–water partition coefficient (Wildman–Crippen LogP) is 1.04. The van der Waals surface area contributed by atoms with E-state index in [2.05, 4.69) is 10.6 Å². The number of aromatic hydroxyl groups is 1. The van der Waals surface area contributed by atoms with Crippen molar-refractivity contribution in [3.63, 3.8) is 0 Å². The number of carbonyl (C=O) groups excluding carboxylic acids is 1. The van der Waals surface area contributed by atoms with E-state index in [0.29, 0.717) is 12.1 Å². The van der Waals surface area contributed by atoms with Crippen LogP contribution in [0.2, 0.25) is 0 Å². The molecule has 0 aliphatic heterocycles. The number of phenols is 1. The topological polar surface area (TPSA) is 61.4 Å². The molecule has 0 fully saturated rings. The number of rotatable bonds is 5. The minimum absolute atomic E-state index is 0.0287. The Labute approximate surface area is 95.7 Å². The summed E-state index contributed by atoms with van der Waals surface area (Å²) in [5.74, 6) is -0.212. The number of phenolic OH excluding ortho intramolecular Hbond substituents is 1. The fraction of sp³-hybridized carbons (Fsp3) is 0.417. The monoisotopic (exact) mass is 222 g/mol. The molecule has 0 aliphatic carbocycles. The lowest BCUT2D eigenvalue weighted by molar-refractivity contribution is 0.0951. The third-order valence-corrected chi connectivity index (χ3v) is 2.24. The standard InChI is InChI=1S/C12H18N2O2/c1-3-13-6-7-14-12(16)10-5-4-9(2)8-11(10)15/h4-5,8,13,15H,3,6-7H2,1-2H3,(H,14,16). The lowest BCUT2D eigenvalue weighted by Gasteiger charge is -2.07. The molecule has 0 radical (unpaired) electrons. The van der Waals surface area contributed by atoms with Crippen molar-refractivity contribution in [3.05, 3.63) is 29.3 Å². The van der Waals surface area contributed by atoms with Gasteiger partial charge in [-0.1, -0.05) is 13.0 Å². The summed E-state index contributed by atoms with van der Waals surface area (Å²) in [5.41, 5.74) is 1.25. The van der Waals surface area contributed by atoms with Gasteiger partial charge in [-0.2, -0.15) is 0 Å². The van der Waals surface area contributed by atoms with Crippen LogP contribution in [0.5, 0.6) is 5.75 Å². The second kappa shape index (κ2) is 6.12. The summed E-state index contributed by atoms with van der Waals surface area (Å²) in [4.78, 5) is 11.6. The van der Waals surface area contributed by atoms with Gasteiger partial charge in [0.2, 0.25) is 0 Å². The zero-order valence-electron chi connectivity index (χ0n) is 9.71. The Hall–Kier alpha value is -1.55. The van der Waals surface area contributed by atoms with Crippen molar-refractivity contribution in [2.75, 3.05) is 19.6 Å². The molecule has 88 valence electrons. The van der Waals surface area contributed by atoms with Gasteiger partial charge in [0.15, 0.2) is 0 Å². The molecule has 1 aromatic carbocycles. The smallest absolute Gasteiger partial charge is 0.255 e. The number of nitrogens with one attached hydrogen (secondary N) is 2. The van der Waals surface area contributed by atoms with Gasteiger partial charge in [-0.05, 0) is 31.2 Å². The van der Waals surface area contributed by atoms with Crippen molar-refractivity contribution < 1.29 is 9.90 Å². The lowest BCUT2D eigenvalue weighted by atomic mass is 10.1. The van der Waals surface area contributed by atoms with Gasteiger partial charge in [-0.25, -0.2) is 0 Å². The number of carbonyl (C=O) groups is 1. The molecule has 0 heterocycles. The molecule has 0 aliphatic rings. The van der Waals surface area contributed by atoms with Gasteiger partial charge in [0.05, 0.1) is 5.56 Å². The Bertz CT molecular complexity index is 364. The van der Waals surface area contributed by atoms with E-state index in [9.17, 15) is 9.90 Å². The summed E-state index contributed by atoms with van der Waals surface area (Å²) in [6.07, 6.45) is 0. The quantitative estimate of drug-likeness (QED) is 0.652. The predicted molar refractivity (Wildman–Crippen MR) is 63.7 cm³/mol. The maximum absolute atomic E-state index is 11.6. The minimum Gasteiger partial charge on any atom is -0.507 e. The molecule has 0 saturated carbocycles. The molecule has 4 nitrogen and oxygen atoms in total. The molecule has 1 aromatic rings. The van der Waals surface area contributed by atoms with Gasteiger partial charge in [-0.15, -0.1) is 0 Å². The first-order valence-corrected chi connectivity index (χ1v) is 5.43. The van der Waals surface area contributed by atoms with Crippen LogP contribution in [0.3, 0.4) is 0 Å². The molecule has 0 bridgehead atoms. The summed E-state index contributed by atoms with van der Waals surface area (Å²) in [5, 5.41) is 15.4. The lowest BCUT2D eigenvalue weighted by Crippen LogP contribution is -2.31. The van der Waals surface area contributed by atoms with E-state index in [0.717, 1.165) is 18.7 Å². The normalized spacial score (nSPS) is 10.1. The zero-order valence-corrected chi connectivity index (χ0v) is 9.71. The highest BCUT2D eigenvalue weighted by atomic mass is 16.3. The van der Waals surface area contributed by atoms with Crippen LogP contribution in [0.1, 0.15) is 22.8 Å². The van der Waals surface area contributed by atoms with Crippen LogP contribution < -0.4 is 10.6 Å². The van der Waals surface area contributed by atoms with Crippen LogP contribution in [-0.2, 0) is 0 Å². The second-order valence-corrected chi connectivity index (χ2v) is 3.63. The number of hydrogen-bond acceptors (Lipinski definition) is 3. The summed E-state index contributed by atoms with van der Waals surface area (Å²) < 4.78 is 0. The molecule has 0 unspecified atom stereocenters. The molecular formula is C12H18N2O2. The van der Waals surface area contributed by atoms with E-state index in [-0.39, 0.29) is 11.7 Å². The molecule has 0 saturated heterocycles. The maximum atomic E-state index is 11.6. The Morgan fingerprint density at radius 2 is 2.12 bits per heavy atom. The molecule has 3 N–H and O–H groups in total. The van der Waals surface area contributed by atoms with Crippen LogP contribution in [-0.4, -0.2) is 30.6 Å². The van der Waals surface area contributed by atoms with E-state index in [4.69, 9.17) is 0 Å². The van der Waals surface area contributed by atoms with Gasteiger partial charge < -0.3 is 15.7 Å². The van der Waals surface area contributed by atoms with Crippen molar-refractivity contribution >= 4 is 5.91 Å². The van der Waals surface area contributed by atoms with Gasteiger partial charge in [0, 0.05) is 13.1 Å². The van der Waals surface area contributed by atoms with Crippen molar-refractivity contribution in [2.45, 2.75) is 13.8 Å². The molecule has 0 aromatic heterocycles. The van der Waals surface area contributed by atoms with Crippen LogP contribution in [0.25, 0.3) is 0 Å². The van der Waals surface area contributed by atoms with Crippen LogP contribution >= 0.6 is 0 Å². The Kier molecular flexibility index (Phi) is 4.79. The summed E-state index contributed by atoms with van der Waals surface area (Å²) in [6, 6.07) is 5.02. The van der Waals surface area contributed by atoms with Crippen LogP contribution in [0, 0.1) is 6.92 Å². The number of benzene rings is 1. The van der Waals surface area contributed by atoms with Gasteiger partial charge in [0.25, 0.3) is 5.91 Å². The van der Waals surface area contributed by atoms with Gasteiger partial charge in [-0.3, -0.25) is 4.79 Å². The minimum atomic E-state index is -0.240. The third kappa shape index (κ3) is 3.55. The fourth-order valence-corrected chi connectivity index (χ4v) is 1.37. The van der Waals surface area contributed by atoms with E-state index in [1.807, 2.05) is 13.8 Å². The number of amides is 1. The maximum Gasteiger partial charge on any atom is 0.255 e. The Morgan fingerprint density at radius 3 is 2.75 bits per heavy atom. The molecule has 0 spiro atoms. The highest BCUT2D eigenvalue weighted by Gasteiger charge is 2.09. The van der Waals surface area contributed by atoms with E-state index >= 15 is 0 Å². The van der Waals surface area contributed by atoms with Crippen LogP contribution in [0.15, 0.2) is 18.2 Å². The van der Waals surface area contributed by atoms with E-state index in [1.54, 1.807) is 18.2 Å². The van der Waals surface area contributed by atoms with Gasteiger partial charge >= 0.3 is 0 Å². The largest absolute Gasteiger partial charge is 0.507 e. The van der Waals surface area contributed by atoms with Crippen LogP contribution in [0.4, 0.5) is 0 Å². The van der Waals surface area contributed by atoms with Crippen molar-refractivity contribution in [2.24, 2.45) is 0 Å². The zero-order chi connectivity index (χ0) is 12.0. The van der Waals surface area contributed by atoms with Crippen molar-refractivity contribution in [1.29, 1.82) is 0 Å². The summed E-state index contributed by atoms with van der Waals surface area (Å²) in [6.45, 7) is 6.04. The molecule has 1 amide bonds. The second-order valence-electron chi connectivity index (χ2n) is 3.63. The molecule has 0 atom stereocenters. The SMILES string of the molecule is CCNCCNC(=O)c1ccc(C)cc1O. The highest BCUT2D eigenvalue weighted by molar-refractivity contribution is 5.96. The molecule has 16 heavy (non-hydrogen) atoms. The molecule has 1 rings (SSSR count). The van der Waals surface area contributed by atoms with Crippen molar-refractivity contribution in [1.82, 2.24) is 10.6 Å². The molecule has 4 heteroatoms. The first kappa shape index (κ1) is 12.5. The van der Waals surface area contributed by atoms with E-state index < -0.39 is 0 Å².